The Kier molecular flexibility index (Phi) is 3.18. The van der Waals surface area contributed by atoms with Crippen LogP contribution in [0.5, 0.6) is 0 Å². The fourth-order valence-electron chi connectivity index (χ4n) is 1.46. The van der Waals surface area contributed by atoms with E-state index in [9.17, 15) is 5.11 Å². The van der Waals surface area contributed by atoms with Crippen LogP contribution in [0.15, 0.2) is 29.9 Å². The molecule has 1 atom stereocenters. The average molecular weight is 222 g/mol. The van der Waals surface area contributed by atoms with E-state index >= 15 is 0 Å². The van der Waals surface area contributed by atoms with Crippen LogP contribution in [-0.2, 0) is 13.0 Å². The summed E-state index contributed by atoms with van der Waals surface area (Å²) in [6.45, 7) is 2.87. The molecule has 0 aliphatic carbocycles. The molecule has 3 nitrogen and oxygen atoms in total. The molecule has 1 unspecified atom stereocenters. The van der Waals surface area contributed by atoms with E-state index in [2.05, 4.69) is 5.10 Å². The van der Waals surface area contributed by atoms with Crippen molar-refractivity contribution in [2.45, 2.75) is 26.0 Å². The van der Waals surface area contributed by atoms with Gasteiger partial charge in [0.1, 0.15) is 0 Å². The minimum absolute atomic E-state index is 0.441. The van der Waals surface area contributed by atoms with Crippen molar-refractivity contribution in [2.24, 2.45) is 0 Å². The Morgan fingerprint density at radius 1 is 1.60 bits per heavy atom. The largest absolute Gasteiger partial charge is 0.388 e. The van der Waals surface area contributed by atoms with E-state index in [0.29, 0.717) is 6.42 Å². The third kappa shape index (κ3) is 2.46. The monoisotopic (exact) mass is 222 g/mol. The van der Waals surface area contributed by atoms with Gasteiger partial charge < -0.3 is 5.11 Å². The average Bonchev–Trinajstić information content (AvgIpc) is 2.86. The molecule has 2 aromatic rings. The van der Waals surface area contributed by atoms with Gasteiger partial charge in [-0.25, -0.2) is 0 Å². The first-order valence-corrected chi connectivity index (χ1v) is 5.90. The highest BCUT2D eigenvalue weighted by atomic mass is 32.1. The lowest BCUT2D eigenvalue weighted by Crippen LogP contribution is -1.99. The maximum Gasteiger partial charge on any atom is 0.0868 e. The topological polar surface area (TPSA) is 38.0 Å². The molecule has 0 saturated carbocycles. The molecular weight excluding hydrogens is 208 g/mol. The van der Waals surface area contributed by atoms with Crippen molar-refractivity contribution in [2.75, 3.05) is 0 Å². The normalized spacial score (nSPS) is 12.9. The Morgan fingerprint density at radius 3 is 3.07 bits per heavy atom. The Morgan fingerprint density at radius 2 is 2.47 bits per heavy atom. The van der Waals surface area contributed by atoms with Crippen LogP contribution in [0.2, 0.25) is 0 Å². The number of hydrogen-bond donors (Lipinski definition) is 1. The molecule has 80 valence electrons. The van der Waals surface area contributed by atoms with Crippen molar-refractivity contribution in [3.05, 3.63) is 40.3 Å². The zero-order valence-corrected chi connectivity index (χ0v) is 9.44. The van der Waals surface area contributed by atoms with Crippen LogP contribution >= 0.6 is 11.3 Å². The highest BCUT2D eigenvalue weighted by molar-refractivity contribution is 7.09. The second kappa shape index (κ2) is 4.59. The molecule has 2 heterocycles. The quantitative estimate of drug-likeness (QED) is 0.861. The van der Waals surface area contributed by atoms with Crippen LogP contribution < -0.4 is 0 Å². The molecule has 4 heteroatoms. The van der Waals surface area contributed by atoms with Crippen molar-refractivity contribution in [3.63, 3.8) is 0 Å². The maximum atomic E-state index is 9.95. The summed E-state index contributed by atoms with van der Waals surface area (Å²) in [6.07, 6.45) is 3.87. The molecular formula is C11H14N2OS. The Hall–Kier alpha value is -1.13. The van der Waals surface area contributed by atoms with Gasteiger partial charge >= 0.3 is 0 Å². The number of aliphatic hydroxyl groups is 1. The highest BCUT2D eigenvalue weighted by Crippen LogP contribution is 2.20. The smallest absolute Gasteiger partial charge is 0.0868 e. The molecule has 2 aromatic heterocycles. The van der Waals surface area contributed by atoms with Gasteiger partial charge in [-0.2, -0.15) is 5.10 Å². The Bertz CT molecular complexity index is 408. The summed E-state index contributed by atoms with van der Waals surface area (Å²) in [5, 5.41) is 16.1. The van der Waals surface area contributed by atoms with Crippen LogP contribution in [0.3, 0.4) is 0 Å². The summed E-state index contributed by atoms with van der Waals surface area (Å²) >= 11 is 1.67. The number of nitrogens with zero attached hydrogens (tertiary/aromatic N) is 2. The van der Waals surface area contributed by atoms with Gasteiger partial charge in [-0.15, -0.1) is 11.3 Å². The van der Waals surface area contributed by atoms with Gasteiger partial charge in [0.2, 0.25) is 0 Å². The molecule has 0 aliphatic heterocycles. The van der Waals surface area contributed by atoms with Gasteiger partial charge in [0.15, 0.2) is 0 Å². The summed E-state index contributed by atoms with van der Waals surface area (Å²) in [4.78, 5) is 1.20. The first-order chi connectivity index (χ1) is 7.29. The van der Waals surface area contributed by atoms with Crippen LogP contribution in [0.25, 0.3) is 0 Å². The minimum atomic E-state index is -0.441. The molecule has 2 rings (SSSR count). The zero-order valence-electron chi connectivity index (χ0n) is 8.63. The van der Waals surface area contributed by atoms with Crippen molar-refractivity contribution in [1.29, 1.82) is 0 Å². The summed E-state index contributed by atoms with van der Waals surface area (Å²) in [5.74, 6) is 0. The Labute approximate surface area is 93.0 Å². The SMILES string of the molecule is CCn1cc(C(O)Cc2cccs2)cn1. The van der Waals surface area contributed by atoms with Gasteiger partial charge in [0, 0.05) is 29.6 Å². The number of aliphatic hydroxyl groups excluding tert-OH is 1. The van der Waals surface area contributed by atoms with Gasteiger partial charge in [-0.05, 0) is 18.4 Å². The molecule has 15 heavy (non-hydrogen) atoms. The van der Waals surface area contributed by atoms with E-state index in [4.69, 9.17) is 0 Å². The predicted octanol–water partition coefficient (Wildman–Crippen LogP) is 2.24. The van der Waals surface area contributed by atoms with Gasteiger partial charge in [0.05, 0.1) is 12.3 Å². The van der Waals surface area contributed by atoms with E-state index in [1.807, 2.05) is 35.3 Å². The number of rotatable bonds is 4. The van der Waals surface area contributed by atoms with Crippen LogP contribution in [0.4, 0.5) is 0 Å². The summed E-state index contributed by atoms with van der Waals surface area (Å²) in [7, 11) is 0. The summed E-state index contributed by atoms with van der Waals surface area (Å²) in [5.41, 5.74) is 0.894. The van der Waals surface area contributed by atoms with Crippen LogP contribution in [0.1, 0.15) is 23.5 Å². The maximum absolute atomic E-state index is 9.95. The van der Waals surface area contributed by atoms with Crippen molar-refractivity contribution in [1.82, 2.24) is 9.78 Å². The fourth-order valence-corrected chi connectivity index (χ4v) is 2.20. The van der Waals surface area contributed by atoms with Gasteiger partial charge in [0.25, 0.3) is 0 Å². The second-order valence-corrected chi connectivity index (χ2v) is 4.46. The lowest BCUT2D eigenvalue weighted by molar-refractivity contribution is 0.179. The van der Waals surface area contributed by atoms with Crippen LogP contribution in [0, 0.1) is 0 Å². The predicted molar refractivity (Wildman–Crippen MR) is 60.9 cm³/mol. The summed E-state index contributed by atoms with van der Waals surface area (Å²) < 4.78 is 1.83. The number of thiophene rings is 1. The van der Waals surface area contributed by atoms with Crippen molar-refractivity contribution >= 4 is 11.3 Å². The third-order valence-corrected chi connectivity index (χ3v) is 3.24. The number of aryl methyl sites for hydroxylation is 1. The molecule has 0 bridgehead atoms. The van der Waals surface area contributed by atoms with E-state index in [1.54, 1.807) is 17.5 Å². The van der Waals surface area contributed by atoms with Gasteiger partial charge in [-0.3, -0.25) is 4.68 Å². The van der Waals surface area contributed by atoms with Crippen LogP contribution in [-0.4, -0.2) is 14.9 Å². The Balaban J connectivity index is 2.04. The van der Waals surface area contributed by atoms with E-state index in [-0.39, 0.29) is 0 Å². The third-order valence-electron chi connectivity index (χ3n) is 2.34. The first kappa shape index (κ1) is 10.4. The highest BCUT2D eigenvalue weighted by Gasteiger charge is 2.11. The summed E-state index contributed by atoms with van der Waals surface area (Å²) in [6, 6.07) is 4.04. The molecule has 0 saturated heterocycles. The molecule has 0 aromatic carbocycles. The lowest BCUT2D eigenvalue weighted by Gasteiger charge is -2.05. The van der Waals surface area contributed by atoms with Gasteiger partial charge in [-0.1, -0.05) is 6.07 Å². The minimum Gasteiger partial charge on any atom is -0.388 e. The lowest BCUT2D eigenvalue weighted by atomic mass is 10.1. The molecule has 1 N–H and O–H groups in total. The molecule has 0 aliphatic rings. The second-order valence-electron chi connectivity index (χ2n) is 3.43. The van der Waals surface area contributed by atoms with E-state index < -0.39 is 6.10 Å². The van der Waals surface area contributed by atoms with Crippen molar-refractivity contribution < 1.29 is 5.11 Å². The zero-order chi connectivity index (χ0) is 10.7. The number of aromatic nitrogens is 2. The van der Waals surface area contributed by atoms with E-state index in [0.717, 1.165) is 12.1 Å². The first-order valence-electron chi connectivity index (χ1n) is 5.02. The van der Waals surface area contributed by atoms with E-state index in [1.165, 1.54) is 4.88 Å². The van der Waals surface area contributed by atoms with Crippen molar-refractivity contribution in [3.8, 4) is 0 Å². The molecule has 0 spiro atoms. The molecule has 0 amide bonds. The standard InChI is InChI=1S/C11H14N2OS/c1-2-13-8-9(7-12-13)11(14)6-10-4-3-5-15-10/h3-5,7-8,11,14H,2,6H2,1H3. The molecule has 0 fully saturated rings. The molecule has 0 radical (unpaired) electrons. The number of hydrogen-bond acceptors (Lipinski definition) is 3. The fraction of sp³-hybridized carbons (Fsp3) is 0.364.